The summed E-state index contributed by atoms with van der Waals surface area (Å²) in [5, 5.41) is 3.79. The molecule has 0 fully saturated rings. The lowest BCUT2D eigenvalue weighted by atomic mass is 10.2. The van der Waals surface area contributed by atoms with Crippen LogP contribution in [-0.4, -0.2) is 28.1 Å². The summed E-state index contributed by atoms with van der Waals surface area (Å²) >= 11 is 6.00. The smallest absolute Gasteiger partial charge is 0.321 e. The fourth-order valence-corrected chi connectivity index (χ4v) is 1.81. The molecular weight excluding hydrogens is 276 g/mol. The summed E-state index contributed by atoms with van der Waals surface area (Å²) in [4.78, 5) is 12.9. The number of anilines is 1. The van der Waals surface area contributed by atoms with Gasteiger partial charge in [0, 0.05) is 17.1 Å². The van der Waals surface area contributed by atoms with E-state index >= 15 is 0 Å². The van der Waals surface area contributed by atoms with Gasteiger partial charge in [0.2, 0.25) is 5.95 Å². The van der Waals surface area contributed by atoms with Crippen LogP contribution in [-0.2, 0) is 0 Å². The van der Waals surface area contributed by atoms with Crippen molar-refractivity contribution < 1.29 is 4.74 Å². The van der Waals surface area contributed by atoms with Gasteiger partial charge in [-0.1, -0.05) is 30.7 Å². The quantitative estimate of drug-likeness (QED) is 0.884. The molecule has 0 aliphatic heterocycles. The Morgan fingerprint density at radius 3 is 2.75 bits per heavy atom. The summed E-state index contributed by atoms with van der Waals surface area (Å²) < 4.78 is 5.38. The summed E-state index contributed by atoms with van der Waals surface area (Å²) in [6.07, 6.45) is 0.988. The fourth-order valence-electron chi connectivity index (χ4n) is 1.62. The van der Waals surface area contributed by atoms with Crippen LogP contribution in [0.2, 0.25) is 5.02 Å². The predicted molar refractivity (Wildman–Crippen MR) is 80.2 cm³/mol. The van der Waals surface area contributed by atoms with Gasteiger partial charge in [0.25, 0.3) is 0 Å². The monoisotopic (exact) mass is 292 g/mol. The molecule has 20 heavy (non-hydrogen) atoms. The highest BCUT2D eigenvalue weighted by atomic mass is 35.5. The van der Waals surface area contributed by atoms with Crippen molar-refractivity contribution in [3.05, 3.63) is 29.3 Å². The summed E-state index contributed by atoms with van der Waals surface area (Å²) in [6, 6.07) is 7.71. The lowest BCUT2D eigenvalue weighted by molar-refractivity contribution is 0.312. The molecule has 1 N–H and O–H groups in total. The minimum Gasteiger partial charge on any atom is -0.464 e. The van der Waals surface area contributed by atoms with E-state index in [4.69, 9.17) is 16.3 Å². The molecule has 1 aromatic heterocycles. The van der Waals surface area contributed by atoms with Gasteiger partial charge in [0.15, 0.2) is 5.82 Å². The normalized spacial score (nSPS) is 10.3. The Labute approximate surface area is 123 Å². The third-order valence-corrected chi connectivity index (χ3v) is 2.74. The maximum atomic E-state index is 6.00. The van der Waals surface area contributed by atoms with E-state index < -0.39 is 0 Å². The maximum Gasteiger partial charge on any atom is 0.321 e. The molecule has 0 bridgehead atoms. The molecule has 106 valence electrons. The molecule has 0 atom stereocenters. The van der Waals surface area contributed by atoms with Crippen molar-refractivity contribution in [2.75, 3.05) is 18.5 Å². The van der Waals surface area contributed by atoms with E-state index in [9.17, 15) is 0 Å². The first kappa shape index (κ1) is 14.5. The first-order valence-electron chi connectivity index (χ1n) is 6.61. The number of rotatable bonds is 6. The van der Waals surface area contributed by atoms with Gasteiger partial charge in [-0.05, 0) is 25.5 Å². The van der Waals surface area contributed by atoms with Gasteiger partial charge in [-0.3, -0.25) is 0 Å². The summed E-state index contributed by atoms with van der Waals surface area (Å²) in [7, 11) is 0. The number of halogens is 1. The van der Waals surface area contributed by atoms with E-state index in [0.29, 0.717) is 29.4 Å². The fraction of sp³-hybridized carbons (Fsp3) is 0.357. The molecular formula is C14H17ClN4O. The van der Waals surface area contributed by atoms with Crippen LogP contribution in [0, 0.1) is 0 Å². The predicted octanol–water partition coefficient (Wildman–Crippen LogP) is 3.41. The molecule has 2 rings (SSSR count). The lowest BCUT2D eigenvalue weighted by Gasteiger charge is -2.08. The van der Waals surface area contributed by atoms with Crippen LogP contribution in [0.1, 0.15) is 20.3 Å². The molecule has 0 aliphatic rings. The average Bonchev–Trinajstić information content (AvgIpc) is 2.45. The standard InChI is InChI=1S/C14H17ClN4O/c1-3-8-16-13-17-12(18-14(19-13)20-4-2)10-6-5-7-11(15)9-10/h5-7,9H,3-4,8H2,1-2H3,(H,16,17,18,19). The summed E-state index contributed by atoms with van der Waals surface area (Å²) in [5.41, 5.74) is 0.834. The molecule has 1 heterocycles. The molecule has 0 aliphatic carbocycles. The minimum absolute atomic E-state index is 0.316. The van der Waals surface area contributed by atoms with Gasteiger partial charge in [-0.25, -0.2) is 0 Å². The molecule has 0 saturated carbocycles. The van der Waals surface area contributed by atoms with Gasteiger partial charge in [-0.15, -0.1) is 0 Å². The number of hydrogen-bond donors (Lipinski definition) is 1. The number of hydrogen-bond acceptors (Lipinski definition) is 5. The van der Waals surface area contributed by atoms with Crippen LogP contribution < -0.4 is 10.1 Å². The van der Waals surface area contributed by atoms with Crippen molar-refractivity contribution in [2.45, 2.75) is 20.3 Å². The molecule has 0 saturated heterocycles. The van der Waals surface area contributed by atoms with E-state index in [1.54, 1.807) is 0 Å². The largest absolute Gasteiger partial charge is 0.464 e. The SMILES string of the molecule is CCCNc1nc(OCC)nc(-c2cccc(Cl)c2)n1. The van der Waals surface area contributed by atoms with Gasteiger partial charge in [0.05, 0.1) is 6.61 Å². The first-order chi connectivity index (χ1) is 9.72. The Kier molecular flexibility index (Phi) is 5.12. The van der Waals surface area contributed by atoms with Crippen molar-refractivity contribution in [1.82, 2.24) is 15.0 Å². The summed E-state index contributed by atoms with van der Waals surface area (Å²) in [6.45, 7) is 5.27. The van der Waals surface area contributed by atoms with Crippen molar-refractivity contribution in [1.29, 1.82) is 0 Å². The first-order valence-corrected chi connectivity index (χ1v) is 6.99. The molecule has 0 amide bonds. The van der Waals surface area contributed by atoms with Crippen molar-refractivity contribution in [3.63, 3.8) is 0 Å². The second-order valence-electron chi connectivity index (χ2n) is 4.14. The highest BCUT2D eigenvalue weighted by Gasteiger charge is 2.09. The van der Waals surface area contributed by atoms with E-state index in [0.717, 1.165) is 18.5 Å². The van der Waals surface area contributed by atoms with Gasteiger partial charge >= 0.3 is 6.01 Å². The number of nitrogens with zero attached hydrogens (tertiary/aromatic N) is 3. The Bertz CT molecular complexity index is 577. The highest BCUT2D eigenvalue weighted by Crippen LogP contribution is 2.21. The molecule has 0 radical (unpaired) electrons. The van der Waals surface area contributed by atoms with Crippen molar-refractivity contribution in [3.8, 4) is 17.4 Å². The highest BCUT2D eigenvalue weighted by molar-refractivity contribution is 6.30. The van der Waals surface area contributed by atoms with Crippen molar-refractivity contribution >= 4 is 17.5 Å². The molecule has 5 nitrogen and oxygen atoms in total. The van der Waals surface area contributed by atoms with Crippen LogP contribution in [0.15, 0.2) is 24.3 Å². The van der Waals surface area contributed by atoms with Crippen LogP contribution in [0.4, 0.5) is 5.95 Å². The molecule has 2 aromatic rings. The van der Waals surface area contributed by atoms with Gasteiger partial charge < -0.3 is 10.1 Å². The Morgan fingerprint density at radius 1 is 1.20 bits per heavy atom. The number of aromatic nitrogens is 3. The van der Waals surface area contributed by atoms with Crippen LogP contribution in [0.25, 0.3) is 11.4 Å². The van der Waals surface area contributed by atoms with E-state index in [1.165, 1.54) is 0 Å². The van der Waals surface area contributed by atoms with Gasteiger partial charge in [0.1, 0.15) is 0 Å². The molecule has 1 aromatic carbocycles. The third-order valence-electron chi connectivity index (χ3n) is 2.50. The Balaban J connectivity index is 2.37. The van der Waals surface area contributed by atoms with E-state index in [-0.39, 0.29) is 0 Å². The topological polar surface area (TPSA) is 59.9 Å². The van der Waals surface area contributed by atoms with Crippen LogP contribution in [0.3, 0.4) is 0 Å². The zero-order valence-corrected chi connectivity index (χ0v) is 12.3. The van der Waals surface area contributed by atoms with Gasteiger partial charge in [-0.2, -0.15) is 15.0 Å². The Hall–Kier alpha value is -1.88. The second-order valence-corrected chi connectivity index (χ2v) is 4.57. The zero-order valence-electron chi connectivity index (χ0n) is 11.6. The van der Waals surface area contributed by atoms with Crippen LogP contribution in [0.5, 0.6) is 6.01 Å². The third kappa shape index (κ3) is 3.81. The van der Waals surface area contributed by atoms with E-state index in [1.807, 2.05) is 31.2 Å². The minimum atomic E-state index is 0.316. The van der Waals surface area contributed by atoms with Crippen LogP contribution >= 0.6 is 11.6 Å². The maximum absolute atomic E-state index is 6.00. The van der Waals surface area contributed by atoms with E-state index in [2.05, 4.69) is 27.2 Å². The molecule has 0 spiro atoms. The number of ether oxygens (including phenoxy) is 1. The number of benzene rings is 1. The average molecular weight is 293 g/mol. The van der Waals surface area contributed by atoms with Crippen molar-refractivity contribution in [2.24, 2.45) is 0 Å². The lowest BCUT2D eigenvalue weighted by Crippen LogP contribution is -2.08. The number of nitrogens with one attached hydrogen (secondary N) is 1. The molecule has 6 heteroatoms. The molecule has 0 unspecified atom stereocenters. The zero-order chi connectivity index (χ0) is 14.4. The Morgan fingerprint density at radius 2 is 2.05 bits per heavy atom. The summed E-state index contributed by atoms with van der Waals surface area (Å²) in [5.74, 6) is 1.06. The second kappa shape index (κ2) is 7.05.